The van der Waals surface area contributed by atoms with Crippen LogP contribution in [0.3, 0.4) is 0 Å². The molecule has 3 aromatic heterocycles. The molecule has 2 aliphatic carbocycles. The molecule has 0 spiro atoms. The molecule has 3 aromatic rings. The Morgan fingerprint density at radius 2 is 2.28 bits per heavy atom. The SMILES string of the molecule is N#Cc1c(NC(=O)CSc2nnc(Cc3cccs3)n2C2CC2)sc2c1CCC2. The number of carbonyl (C=O) groups excluding carboxylic acids is 1. The van der Waals surface area contributed by atoms with Gasteiger partial charge in [0.1, 0.15) is 16.9 Å². The van der Waals surface area contributed by atoms with E-state index in [9.17, 15) is 10.1 Å². The standard InChI is InChI=1S/C20H19N5OS3/c21-10-15-14-4-1-5-16(14)29-19(15)22-18(26)11-28-20-24-23-17(25(20)12-6-7-12)9-13-3-2-8-27-13/h2-3,8,12H,1,4-7,9,11H2,(H,22,26). The van der Waals surface area contributed by atoms with Crippen molar-refractivity contribution >= 4 is 45.3 Å². The van der Waals surface area contributed by atoms with Crippen LogP contribution in [0.1, 0.15) is 52.0 Å². The molecular formula is C20H19N5OS3. The number of thiophene rings is 2. The summed E-state index contributed by atoms with van der Waals surface area (Å²) in [5.74, 6) is 1.13. The molecule has 148 valence electrons. The fraction of sp³-hybridized carbons (Fsp3) is 0.400. The van der Waals surface area contributed by atoms with Crippen LogP contribution in [0.2, 0.25) is 0 Å². The predicted octanol–water partition coefficient (Wildman–Crippen LogP) is 4.42. The second-order valence-electron chi connectivity index (χ2n) is 7.27. The summed E-state index contributed by atoms with van der Waals surface area (Å²) in [5.41, 5.74) is 1.78. The average Bonchev–Trinajstić information content (AvgIpc) is 3.09. The van der Waals surface area contributed by atoms with Crippen molar-refractivity contribution in [2.75, 3.05) is 11.1 Å². The topological polar surface area (TPSA) is 83.6 Å². The van der Waals surface area contributed by atoms with Gasteiger partial charge in [-0.05, 0) is 49.1 Å². The summed E-state index contributed by atoms with van der Waals surface area (Å²) in [6.45, 7) is 0. The molecule has 2 aliphatic rings. The lowest BCUT2D eigenvalue weighted by Gasteiger charge is -2.08. The molecule has 0 radical (unpaired) electrons. The number of amides is 1. The maximum absolute atomic E-state index is 12.6. The molecule has 0 bridgehead atoms. The lowest BCUT2D eigenvalue weighted by Crippen LogP contribution is -2.14. The summed E-state index contributed by atoms with van der Waals surface area (Å²) < 4.78 is 2.21. The van der Waals surface area contributed by atoms with Crippen LogP contribution in [-0.2, 0) is 24.1 Å². The summed E-state index contributed by atoms with van der Waals surface area (Å²) in [4.78, 5) is 15.1. The average molecular weight is 442 g/mol. The Morgan fingerprint density at radius 1 is 1.38 bits per heavy atom. The van der Waals surface area contributed by atoms with Crippen LogP contribution in [-0.4, -0.2) is 26.4 Å². The monoisotopic (exact) mass is 441 g/mol. The van der Waals surface area contributed by atoms with Gasteiger partial charge in [-0.1, -0.05) is 17.8 Å². The number of carbonyl (C=O) groups is 1. The number of thioether (sulfide) groups is 1. The molecule has 5 rings (SSSR count). The first-order valence-corrected chi connectivity index (χ1v) is 12.3. The summed E-state index contributed by atoms with van der Waals surface area (Å²) in [5, 5.41) is 24.8. The first-order valence-electron chi connectivity index (χ1n) is 9.66. The molecule has 29 heavy (non-hydrogen) atoms. The van der Waals surface area contributed by atoms with Gasteiger partial charge in [0.25, 0.3) is 0 Å². The van der Waals surface area contributed by atoms with Gasteiger partial charge in [-0.15, -0.1) is 32.9 Å². The van der Waals surface area contributed by atoms with Crippen LogP contribution >= 0.6 is 34.4 Å². The minimum absolute atomic E-state index is 0.100. The molecule has 3 heterocycles. The zero-order chi connectivity index (χ0) is 19.8. The van der Waals surface area contributed by atoms with Gasteiger partial charge in [0.05, 0.1) is 11.3 Å². The number of rotatable bonds is 7. The van der Waals surface area contributed by atoms with Crippen molar-refractivity contribution in [2.45, 2.75) is 49.7 Å². The van der Waals surface area contributed by atoms with Gasteiger partial charge in [0.2, 0.25) is 5.91 Å². The maximum atomic E-state index is 12.6. The van der Waals surface area contributed by atoms with Crippen molar-refractivity contribution in [1.82, 2.24) is 14.8 Å². The van der Waals surface area contributed by atoms with E-state index < -0.39 is 0 Å². The quantitative estimate of drug-likeness (QED) is 0.549. The number of anilines is 1. The van der Waals surface area contributed by atoms with Gasteiger partial charge in [0, 0.05) is 22.2 Å². The van der Waals surface area contributed by atoms with E-state index in [-0.39, 0.29) is 11.7 Å². The van der Waals surface area contributed by atoms with Crippen LogP contribution in [0.4, 0.5) is 5.00 Å². The number of hydrogen-bond donors (Lipinski definition) is 1. The minimum Gasteiger partial charge on any atom is -0.316 e. The highest BCUT2D eigenvalue weighted by molar-refractivity contribution is 7.99. The number of aryl methyl sites for hydroxylation is 1. The highest BCUT2D eigenvalue weighted by atomic mass is 32.2. The number of nitrogens with zero attached hydrogens (tertiary/aromatic N) is 4. The third-order valence-corrected chi connectivity index (χ3v) is 8.20. The van der Waals surface area contributed by atoms with Crippen LogP contribution in [0.25, 0.3) is 0 Å². The molecule has 0 unspecified atom stereocenters. The van der Waals surface area contributed by atoms with Gasteiger partial charge in [-0.3, -0.25) is 4.79 Å². The summed E-state index contributed by atoms with van der Waals surface area (Å²) >= 11 is 4.70. The highest BCUT2D eigenvalue weighted by Crippen LogP contribution is 2.40. The van der Waals surface area contributed by atoms with E-state index in [0.29, 0.717) is 16.6 Å². The second-order valence-corrected chi connectivity index (χ2v) is 10.3. The van der Waals surface area contributed by atoms with Gasteiger partial charge >= 0.3 is 0 Å². The van der Waals surface area contributed by atoms with Crippen molar-refractivity contribution in [1.29, 1.82) is 5.26 Å². The predicted molar refractivity (Wildman–Crippen MR) is 116 cm³/mol. The molecule has 1 fully saturated rings. The van der Waals surface area contributed by atoms with Crippen molar-refractivity contribution in [2.24, 2.45) is 0 Å². The molecule has 9 heteroatoms. The Kier molecular flexibility index (Phi) is 5.16. The third kappa shape index (κ3) is 3.84. The minimum atomic E-state index is -0.100. The third-order valence-electron chi connectivity index (χ3n) is 5.18. The summed E-state index contributed by atoms with van der Waals surface area (Å²) in [6.07, 6.45) is 6.11. The molecule has 0 atom stereocenters. The van der Waals surface area contributed by atoms with E-state index in [4.69, 9.17) is 0 Å². The number of nitriles is 1. The Bertz CT molecular complexity index is 1090. The Morgan fingerprint density at radius 3 is 3.03 bits per heavy atom. The van der Waals surface area contributed by atoms with Crippen LogP contribution < -0.4 is 5.32 Å². The fourth-order valence-corrected chi connectivity index (χ4v) is 6.48. The van der Waals surface area contributed by atoms with Gasteiger partial charge in [0.15, 0.2) is 5.16 Å². The van der Waals surface area contributed by atoms with Gasteiger partial charge < -0.3 is 9.88 Å². The lowest BCUT2D eigenvalue weighted by molar-refractivity contribution is -0.113. The summed E-state index contributed by atoms with van der Waals surface area (Å²) in [6, 6.07) is 6.89. The largest absolute Gasteiger partial charge is 0.316 e. The van der Waals surface area contributed by atoms with Gasteiger partial charge in [-0.2, -0.15) is 5.26 Å². The highest BCUT2D eigenvalue weighted by Gasteiger charge is 2.30. The summed E-state index contributed by atoms with van der Waals surface area (Å²) in [7, 11) is 0. The van der Waals surface area contributed by atoms with Crippen molar-refractivity contribution in [3.63, 3.8) is 0 Å². The first kappa shape index (κ1) is 18.9. The van der Waals surface area contributed by atoms with E-state index in [2.05, 4.69) is 37.6 Å². The zero-order valence-corrected chi connectivity index (χ0v) is 18.1. The normalized spacial score (nSPS) is 15.3. The number of hydrogen-bond acceptors (Lipinski definition) is 7. The van der Waals surface area contributed by atoms with Crippen molar-refractivity contribution in [3.8, 4) is 6.07 Å². The Hall–Kier alpha value is -2.15. The molecule has 6 nitrogen and oxygen atoms in total. The Labute approximate surface area is 181 Å². The molecule has 0 saturated heterocycles. The molecule has 0 aliphatic heterocycles. The molecule has 0 aromatic carbocycles. The second kappa shape index (κ2) is 7.94. The molecule has 1 N–H and O–H groups in total. The zero-order valence-electron chi connectivity index (χ0n) is 15.7. The van der Waals surface area contributed by atoms with E-state index in [1.807, 2.05) is 6.07 Å². The maximum Gasteiger partial charge on any atom is 0.235 e. The Balaban J connectivity index is 1.26. The molecular weight excluding hydrogens is 422 g/mol. The van der Waals surface area contributed by atoms with E-state index in [1.54, 1.807) is 22.7 Å². The smallest absolute Gasteiger partial charge is 0.235 e. The number of nitrogens with one attached hydrogen (secondary N) is 1. The fourth-order valence-electron chi connectivity index (χ4n) is 3.70. The van der Waals surface area contributed by atoms with Gasteiger partial charge in [-0.25, -0.2) is 0 Å². The molecule has 1 saturated carbocycles. The molecule has 1 amide bonds. The van der Waals surface area contributed by atoms with Crippen LogP contribution in [0.15, 0.2) is 22.7 Å². The number of fused-ring (bicyclic) bond motifs is 1. The number of aromatic nitrogens is 3. The first-order chi connectivity index (χ1) is 14.2. The lowest BCUT2D eigenvalue weighted by atomic mass is 10.1. The van der Waals surface area contributed by atoms with Crippen molar-refractivity contribution in [3.05, 3.63) is 44.2 Å². The van der Waals surface area contributed by atoms with Crippen LogP contribution in [0.5, 0.6) is 0 Å². The van der Waals surface area contributed by atoms with E-state index in [1.165, 1.54) is 21.5 Å². The van der Waals surface area contributed by atoms with Crippen molar-refractivity contribution < 1.29 is 4.79 Å². The van der Waals surface area contributed by atoms with Crippen LogP contribution in [0, 0.1) is 11.3 Å². The van der Waals surface area contributed by atoms with E-state index in [0.717, 1.165) is 55.1 Å². The van der Waals surface area contributed by atoms with E-state index >= 15 is 0 Å².